The van der Waals surface area contributed by atoms with Crippen molar-refractivity contribution in [1.82, 2.24) is 4.72 Å². The van der Waals surface area contributed by atoms with Gasteiger partial charge in [0.2, 0.25) is 15.9 Å². The zero-order valence-corrected chi connectivity index (χ0v) is 13.6. The molecule has 0 aromatic heterocycles. The summed E-state index contributed by atoms with van der Waals surface area (Å²) in [5, 5.41) is 9.13. The molecule has 0 aliphatic rings. The Morgan fingerprint density at radius 2 is 1.88 bits per heavy atom. The summed E-state index contributed by atoms with van der Waals surface area (Å²) in [4.78, 5) is 22.2. The second-order valence-electron chi connectivity index (χ2n) is 5.15. The SMILES string of the molecule is [2H]C([2H])([2H])N(c1cccc2c(S(=O)(=O)NC(CC(N)=O)C(=O)O)cccc12)C([2H])([2H])[2H]. The number of amides is 1. The molecule has 0 spiro atoms. The lowest BCUT2D eigenvalue weighted by atomic mass is 10.1. The second-order valence-corrected chi connectivity index (χ2v) is 6.83. The summed E-state index contributed by atoms with van der Waals surface area (Å²) in [7, 11) is -4.53. The standard InChI is InChI=1S/C16H19N3O5S/c1-19(2)13-7-3-6-11-10(13)5-4-8-14(11)25(23,24)18-12(16(21)22)9-15(17)20/h3-8,12,18H,9H2,1-2H3,(H2,17,20)(H,21,22)/i1D3,2D3. The van der Waals surface area contributed by atoms with Crippen LogP contribution in [0.1, 0.15) is 14.6 Å². The molecule has 4 N–H and O–H groups in total. The van der Waals surface area contributed by atoms with Gasteiger partial charge in [-0.15, -0.1) is 0 Å². The van der Waals surface area contributed by atoms with Crippen LogP contribution in [-0.4, -0.2) is 45.4 Å². The van der Waals surface area contributed by atoms with Crippen molar-refractivity contribution in [1.29, 1.82) is 0 Å². The molecule has 0 bridgehead atoms. The Kier molecular flexibility index (Phi) is 3.35. The van der Waals surface area contributed by atoms with E-state index in [9.17, 15) is 23.1 Å². The van der Waals surface area contributed by atoms with Crippen molar-refractivity contribution in [2.75, 3.05) is 18.9 Å². The molecule has 1 amide bonds. The molecule has 0 aliphatic heterocycles. The van der Waals surface area contributed by atoms with E-state index < -0.39 is 53.2 Å². The summed E-state index contributed by atoms with van der Waals surface area (Å²) in [6.07, 6.45) is -0.795. The molecule has 0 saturated carbocycles. The maximum atomic E-state index is 12.9. The van der Waals surface area contributed by atoms with Crippen molar-refractivity contribution < 1.29 is 31.3 Å². The van der Waals surface area contributed by atoms with Gasteiger partial charge in [0.1, 0.15) is 6.04 Å². The number of hydrogen-bond acceptors (Lipinski definition) is 5. The minimum Gasteiger partial charge on any atom is -0.480 e. The first-order chi connectivity index (χ1) is 14.1. The lowest BCUT2D eigenvalue weighted by Crippen LogP contribution is -2.43. The molecular formula is C16H19N3O5S. The Morgan fingerprint density at radius 1 is 1.24 bits per heavy atom. The number of primary amides is 1. The second kappa shape index (κ2) is 7.08. The Hall–Kier alpha value is -2.65. The highest BCUT2D eigenvalue weighted by Crippen LogP contribution is 2.30. The summed E-state index contributed by atoms with van der Waals surface area (Å²) in [6.45, 7) is -6.13. The van der Waals surface area contributed by atoms with E-state index in [1.165, 1.54) is 30.3 Å². The monoisotopic (exact) mass is 371 g/mol. The fraction of sp³-hybridized carbons (Fsp3) is 0.250. The quantitative estimate of drug-likeness (QED) is 0.650. The van der Waals surface area contributed by atoms with Gasteiger partial charge >= 0.3 is 5.97 Å². The van der Waals surface area contributed by atoms with Crippen LogP contribution in [0.5, 0.6) is 0 Å². The molecule has 0 aliphatic carbocycles. The molecule has 2 aromatic rings. The number of anilines is 1. The number of fused-ring (bicyclic) bond motifs is 1. The number of nitrogens with two attached hydrogens (primary N) is 1. The summed E-state index contributed by atoms with van der Waals surface area (Å²) in [5.74, 6) is -2.67. The maximum Gasteiger partial charge on any atom is 0.322 e. The largest absolute Gasteiger partial charge is 0.480 e. The Morgan fingerprint density at radius 3 is 2.48 bits per heavy atom. The van der Waals surface area contributed by atoms with Crippen LogP contribution in [0.4, 0.5) is 5.69 Å². The van der Waals surface area contributed by atoms with E-state index in [1.54, 1.807) is 0 Å². The Balaban J connectivity index is 2.69. The number of benzene rings is 2. The van der Waals surface area contributed by atoms with Gasteiger partial charge in [-0.2, -0.15) is 4.72 Å². The predicted octanol–water partition coefficient (Wildman–Crippen LogP) is 0.513. The zero-order valence-electron chi connectivity index (χ0n) is 18.8. The zero-order chi connectivity index (χ0) is 23.8. The van der Waals surface area contributed by atoms with Gasteiger partial charge in [-0.3, -0.25) is 9.59 Å². The molecule has 8 nitrogen and oxygen atoms in total. The number of carbonyl (C=O) groups is 2. The van der Waals surface area contributed by atoms with Gasteiger partial charge in [-0.25, -0.2) is 8.42 Å². The molecule has 25 heavy (non-hydrogen) atoms. The third-order valence-electron chi connectivity index (χ3n) is 3.39. The molecule has 0 radical (unpaired) electrons. The highest BCUT2D eigenvalue weighted by Gasteiger charge is 2.28. The van der Waals surface area contributed by atoms with Gasteiger partial charge in [-0.05, 0) is 12.1 Å². The number of carboxylic acid groups (broad SMARTS) is 1. The molecule has 2 aromatic carbocycles. The van der Waals surface area contributed by atoms with E-state index in [0.29, 0.717) is 0 Å². The van der Waals surface area contributed by atoms with Crippen LogP contribution in [0.15, 0.2) is 41.3 Å². The molecule has 2 rings (SSSR count). The Bertz CT molecular complexity index is 1100. The minimum absolute atomic E-state index is 0.000554. The average molecular weight is 371 g/mol. The van der Waals surface area contributed by atoms with Crippen molar-refractivity contribution in [2.45, 2.75) is 17.4 Å². The highest BCUT2D eigenvalue weighted by molar-refractivity contribution is 7.89. The van der Waals surface area contributed by atoms with Crippen molar-refractivity contribution in [3.05, 3.63) is 36.4 Å². The third-order valence-corrected chi connectivity index (χ3v) is 4.92. The normalized spacial score (nSPS) is 17.3. The number of hydrogen-bond donors (Lipinski definition) is 3. The molecule has 1 atom stereocenters. The number of aliphatic carboxylic acids is 1. The third kappa shape index (κ3) is 4.06. The molecule has 0 heterocycles. The predicted molar refractivity (Wildman–Crippen MR) is 93.8 cm³/mol. The highest BCUT2D eigenvalue weighted by atomic mass is 32.2. The lowest BCUT2D eigenvalue weighted by molar-refractivity contribution is -0.140. The molecule has 134 valence electrons. The lowest BCUT2D eigenvalue weighted by Gasteiger charge is -2.18. The first-order valence-corrected chi connectivity index (χ1v) is 8.39. The molecule has 1 unspecified atom stereocenters. The number of sulfonamides is 1. The smallest absolute Gasteiger partial charge is 0.322 e. The van der Waals surface area contributed by atoms with Gasteiger partial charge in [-0.1, -0.05) is 24.3 Å². The fourth-order valence-corrected chi connectivity index (χ4v) is 3.74. The van der Waals surface area contributed by atoms with Crippen LogP contribution >= 0.6 is 0 Å². The number of carbonyl (C=O) groups excluding carboxylic acids is 1. The minimum atomic E-state index is -4.53. The van der Waals surface area contributed by atoms with E-state index in [-0.39, 0.29) is 21.4 Å². The number of nitrogens with zero attached hydrogens (tertiary/aromatic N) is 1. The average Bonchev–Trinajstić information content (AvgIpc) is 2.57. The van der Waals surface area contributed by atoms with E-state index in [4.69, 9.17) is 14.0 Å². The molecule has 9 heteroatoms. The Labute approximate surface area is 153 Å². The topological polar surface area (TPSA) is 130 Å². The van der Waals surface area contributed by atoms with Gasteiger partial charge in [0, 0.05) is 38.6 Å². The maximum absolute atomic E-state index is 12.9. The van der Waals surface area contributed by atoms with Gasteiger partial charge in [0.15, 0.2) is 0 Å². The number of nitrogens with one attached hydrogen (secondary N) is 1. The van der Waals surface area contributed by atoms with Crippen LogP contribution in [0.3, 0.4) is 0 Å². The summed E-state index contributed by atoms with van der Waals surface area (Å²) in [6, 6.07) is 5.70. The van der Waals surface area contributed by atoms with Crippen molar-refractivity contribution in [3.8, 4) is 0 Å². The first kappa shape index (κ1) is 11.8. The number of carboxylic acids is 1. The van der Waals surface area contributed by atoms with Crippen molar-refractivity contribution in [2.24, 2.45) is 5.73 Å². The molecule has 0 saturated heterocycles. The van der Waals surface area contributed by atoms with Crippen molar-refractivity contribution >= 4 is 38.4 Å². The van der Waals surface area contributed by atoms with E-state index >= 15 is 0 Å². The first-order valence-electron chi connectivity index (χ1n) is 9.91. The van der Waals surface area contributed by atoms with Gasteiger partial charge in [0.25, 0.3) is 0 Å². The fourth-order valence-electron chi connectivity index (χ4n) is 2.33. The van der Waals surface area contributed by atoms with Crippen LogP contribution in [0.25, 0.3) is 10.8 Å². The summed E-state index contributed by atoms with van der Waals surface area (Å²) in [5.41, 5.74) is 4.70. The van der Waals surface area contributed by atoms with Gasteiger partial charge < -0.3 is 15.7 Å². The van der Waals surface area contributed by atoms with Gasteiger partial charge in [0.05, 0.1) is 11.3 Å². The van der Waals surface area contributed by atoms with E-state index in [1.807, 2.05) is 4.72 Å². The summed E-state index contributed by atoms with van der Waals surface area (Å²) < 4.78 is 73.2. The van der Waals surface area contributed by atoms with Crippen LogP contribution in [-0.2, 0) is 19.6 Å². The molecular weight excluding hydrogens is 346 g/mol. The van der Waals surface area contributed by atoms with E-state index in [2.05, 4.69) is 0 Å². The van der Waals surface area contributed by atoms with E-state index in [0.717, 1.165) is 6.07 Å². The van der Waals surface area contributed by atoms with Crippen LogP contribution in [0.2, 0.25) is 0 Å². The van der Waals surface area contributed by atoms with Crippen LogP contribution in [0, 0.1) is 0 Å². The van der Waals surface area contributed by atoms with Crippen LogP contribution < -0.4 is 15.4 Å². The number of rotatable bonds is 7. The summed E-state index contributed by atoms with van der Waals surface area (Å²) >= 11 is 0. The molecule has 0 fully saturated rings. The van der Waals surface area contributed by atoms with Crippen molar-refractivity contribution in [3.63, 3.8) is 0 Å².